The Labute approximate surface area is 107 Å². The van der Waals surface area contributed by atoms with E-state index in [9.17, 15) is 4.79 Å². The molecule has 1 aromatic carbocycles. The molecule has 0 aliphatic rings. The van der Waals surface area contributed by atoms with Gasteiger partial charge >= 0.3 is 0 Å². The van der Waals surface area contributed by atoms with E-state index in [0.29, 0.717) is 11.2 Å². The van der Waals surface area contributed by atoms with E-state index in [4.69, 9.17) is 4.74 Å². The van der Waals surface area contributed by atoms with Gasteiger partial charge in [0.15, 0.2) is 0 Å². The minimum absolute atomic E-state index is 0.105. The number of hydrogen-bond acceptors (Lipinski definition) is 4. The monoisotopic (exact) mass is 258 g/mol. The number of hydrogen-bond donors (Lipinski definition) is 1. The van der Waals surface area contributed by atoms with Gasteiger partial charge in [-0.3, -0.25) is 4.79 Å². The Hall–Kier alpha value is -2.14. The Morgan fingerprint density at radius 3 is 2.72 bits per heavy atom. The molecule has 18 heavy (non-hydrogen) atoms. The molecule has 0 bridgehead atoms. The van der Waals surface area contributed by atoms with E-state index in [-0.39, 0.29) is 5.56 Å². The van der Waals surface area contributed by atoms with Crippen LogP contribution in [0.15, 0.2) is 40.5 Å². The number of thiophene rings is 1. The van der Waals surface area contributed by atoms with Gasteiger partial charge < -0.3 is 9.72 Å². The van der Waals surface area contributed by atoms with Gasteiger partial charge in [0.25, 0.3) is 5.56 Å². The second-order valence-electron chi connectivity index (χ2n) is 3.78. The molecule has 2 aromatic heterocycles. The molecule has 4 nitrogen and oxygen atoms in total. The number of methoxy groups -OCH3 is 1. The van der Waals surface area contributed by atoms with Crippen LogP contribution in [0.4, 0.5) is 0 Å². The number of nitrogens with one attached hydrogen (secondary N) is 1. The lowest BCUT2D eigenvalue weighted by Gasteiger charge is -2.03. The molecule has 0 saturated heterocycles. The van der Waals surface area contributed by atoms with E-state index in [1.807, 2.05) is 29.6 Å². The van der Waals surface area contributed by atoms with E-state index in [2.05, 4.69) is 9.97 Å². The number of aromatic amines is 1. The fraction of sp³-hybridized carbons (Fsp3) is 0.0769. The molecule has 1 N–H and O–H groups in total. The zero-order valence-corrected chi connectivity index (χ0v) is 10.5. The van der Waals surface area contributed by atoms with Gasteiger partial charge in [0.2, 0.25) is 0 Å². The largest absolute Gasteiger partial charge is 0.497 e. The minimum Gasteiger partial charge on any atom is -0.497 e. The van der Waals surface area contributed by atoms with Crippen LogP contribution in [0.25, 0.3) is 21.6 Å². The first kappa shape index (κ1) is 11.0. The zero-order chi connectivity index (χ0) is 12.5. The fourth-order valence-electron chi connectivity index (χ4n) is 1.75. The summed E-state index contributed by atoms with van der Waals surface area (Å²) < 4.78 is 5.10. The number of aromatic nitrogens is 2. The summed E-state index contributed by atoms with van der Waals surface area (Å²) >= 11 is 1.46. The van der Waals surface area contributed by atoms with Crippen molar-refractivity contribution < 1.29 is 4.74 Å². The summed E-state index contributed by atoms with van der Waals surface area (Å²) in [7, 11) is 1.62. The molecule has 0 aliphatic heterocycles. The van der Waals surface area contributed by atoms with Crippen molar-refractivity contribution in [2.45, 2.75) is 0 Å². The lowest BCUT2D eigenvalue weighted by molar-refractivity contribution is 0.415. The Bertz CT molecular complexity index is 744. The van der Waals surface area contributed by atoms with Crippen molar-refractivity contribution in [3.05, 3.63) is 46.1 Å². The predicted octanol–water partition coefficient (Wildman–Crippen LogP) is 2.66. The van der Waals surface area contributed by atoms with Gasteiger partial charge in [-0.15, -0.1) is 11.3 Å². The highest BCUT2D eigenvalue weighted by atomic mass is 32.1. The van der Waals surface area contributed by atoms with Crippen molar-refractivity contribution >= 4 is 21.6 Å². The Morgan fingerprint density at radius 2 is 2.00 bits per heavy atom. The molecule has 2 heterocycles. The minimum atomic E-state index is -0.105. The third kappa shape index (κ3) is 1.78. The van der Waals surface area contributed by atoms with Gasteiger partial charge in [0.1, 0.15) is 16.4 Å². The van der Waals surface area contributed by atoms with Crippen LogP contribution >= 0.6 is 11.3 Å². The molecular weight excluding hydrogens is 248 g/mol. The van der Waals surface area contributed by atoms with Crippen LogP contribution in [-0.2, 0) is 0 Å². The summed E-state index contributed by atoms with van der Waals surface area (Å²) in [6.45, 7) is 0. The number of fused-ring (bicyclic) bond motifs is 1. The van der Waals surface area contributed by atoms with E-state index in [1.54, 1.807) is 13.2 Å². The Balaban J connectivity index is 2.15. The van der Waals surface area contributed by atoms with Crippen molar-refractivity contribution in [2.75, 3.05) is 7.11 Å². The van der Waals surface area contributed by atoms with Crippen LogP contribution in [-0.4, -0.2) is 17.1 Å². The molecule has 0 aliphatic carbocycles. The molecule has 0 spiro atoms. The molecule has 90 valence electrons. The normalized spacial score (nSPS) is 10.7. The van der Waals surface area contributed by atoms with Crippen LogP contribution in [0.5, 0.6) is 5.75 Å². The van der Waals surface area contributed by atoms with Gasteiger partial charge in [-0.2, -0.15) is 0 Å². The Kier molecular flexibility index (Phi) is 2.60. The quantitative estimate of drug-likeness (QED) is 0.768. The first-order valence-electron chi connectivity index (χ1n) is 5.40. The van der Waals surface area contributed by atoms with Gasteiger partial charge in [0.05, 0.1) is 12.5 Å². The molecule has 3 aromatic rings. The van der Waals surface area contributed by atoms with Crippen LogP contribution in [0, 0.1) is 0 Å². The summed E-state index contributed by atoms with van der Waals surface area (Å²) in [5.41, 5.74) is 0.760. The molecule has 0 atom stereocenters. The second-order valence-corrected chi connectivity index (χ2v) is 4.68. The third-order valence-corrected chi connectivity index (χ3v) is 3.50. The lowest BCUT2D eigenvalue weighted by atomic mass is 10.2. The molecular formula is C13H10N2O2S. The maximum absolute atomic E-state index is 11.8. The molecule has 0 amide bonds. The van der Waals surface area contributed by atoms with Gasteiger partial charge in [0, 0.05) is 5.56 Å². The fourth-order valence-corrected chi connectivity index (χ4v) is 2.52. The van der Waals surface area contributed by atoms with Crippen molar-refractivity contribution in [1.29, 1.82) is 0 Å². The number of rotatable bonds is 2. The molecule has 5 heteroatoms. The van der Waals surface area contributed by atoms with E-state index >= 15 is 0 Å². The second kappa shape index (κ2) is 4.27. The average Bonchev–Trinajstić information content (AvgIpc) is 2.88. The SMILES string of the molecule is COc1ccc(-c2nc3sccc3c(=O)[nH]2)cc1. The summed E-state index contributed by atoms with van der Waals surface area (Å²) in [6.07, 6.45) is 0. The number of nitrogens with zero attached hydrogens (tertiary/aromatic N) is 1. The van der Waals surface area contributed by atoms with E-state index in [1.165, 1.54) is 11.3 Å². The first-order valence-corrected chi connectivity index (χ1v) is 6.28. The topological polar surface area (TPSA) is 55.0 Å². The highest BCUT2D eigenvalue weighted by molar-refractivity contribution is 7.16. The predicted molar refractivity (Wildman–Crippen MR) is 72.2 cm³/mol. The van der Waals surface area contributed by atoms with Crippen molar-refractivity contribution in [1.82, 2.24) is 9.97 Å². The maximum Gasteiger partial charge on any atom is 0.259 e. The van der Waals surface area contributed by atoms with Crippen molar-refractivity contribution in [2.24, 2.45) is 0 Å². The van der Waals surface area contributed by atoms with Gasteiger partial charge in [-0.1, -0.05) is 0 Å². The Morgan fingerprint density at radius 1 is 1.22 bits per heavy atom. The summed E-state index contributed by atoms with van der Waals surface area (Å²) in [6, 6.07) is 9.21. The molecule has 0 unspecified atom stereocenters. The number of H-pyrrole nitrogens is 1. The third-order valence-electron chi connectivity index (χ3n) is 2.70. The molecule has 0 saturated carbocycles. The summed E-state index contributed by atoms with van der Waals surface area (Å²) in [5.74, 6) is 1.36. The van der Waals surface area contributed by atoms with Crippen molar-refractivity contribution in [3.8, 4) is 17.1 Å². The molecule has 0 radical (unpaired) electrons. The van der Waals surface area contributed by atoms with Crippen molar-refractivity contribution in [3.63, 3.8) is 0 Å². The zero-order valence-electron chi connectivity index (χ0n) is 9.64. The summed E-state index contributed by atoms with van der Waals surface area (Å²) in [4.78, 5) is 19.8. The standard InChI is InChI=1S/C13H10N2O2S/c1-17-9-4-2-8(3-5-9)11-14-12(16)10-6-7-18-13(10)15-11/h2-7H,1H3,(H,14,15,16). The smallest absolute Gasteiger partial charge is 0.259 e. The number of ether oxygens (including phenoxy) is 1. The van der Waals surface area contributed by atoms with E-state index in [0.717, 1.165) is 16.1 Å². The van der Waals surface area contributed by atoms with Gasteiger partial charge in [-0.25, -0.2) is 4.98 Å². The highest BCUT2D eigenvalue weighted by Crippen LogP contribution is 2.21. The molecule has 0 fully saturated rings. The van der Waals surface area contributed by atoms with Crippen LogP contribution in [0.1, 0.15) is 0 Å². The maximum atomic E-state index is 11.8. The van der Waals surface area contributed by atoms with Crippen LogP contribution in [0.3, 0.4) is 0 Å². The highest BCUT2D eigenvalue weighted by Gasteiger charge is 2.06. The lowest BCUT2D eigenvalue weighted by Crippen LogP contribution is -2.07. The first-order chi connectivity index (χ1) is 8.78. The van der Waals surface area contributed by atoms with Crippen LogP contribution in [0.2, 0.25) is 0 Å². The number of benzene rings is 1. The summed E-state index contributed by atoms with van der Waals surface area (Å²) in [5, 5.41) is 2.50. The average molecular weight is 258 g/mol. The van der Waals surface area contributed by atoms with Gasteiger partial charge in [-0.05, 0) is 35.7 Å². The molecule has 3 rings (SSSR count). The van der Waals surface area contributed by atoms with E-state index < -0.39 is 0 Å². The van der Waals surface area contributed by atoms with Crippen LogP contribution < -0.4 is 10.3 Å².